The summed E-state index contributed by atoms with van der Waals surface area (Å²) in [7, 11) is 0. The summed E-state index contributed by atoms with van der Waals surface area (Å²) in [5.74, 6) is 0.329. The van der Waals surface area contributed by atoms with E-state index in [0.717, 1.165) is 6.54 Å². The van der Waals surface area contributed by atoms with Crippen molar-refractivity contribution in [2.45, 2.75) is 39.5 Å². The standard InChI is InChI=1S/C12H19N3O2/c1-8(2)12(5-6-12)7-13-11(17)9-3-4-10(16)15-14-9/h8H,3-7H2,1-2H3,(H,13,17)(H,15,16). The molecule has 2 rings (SSSR count). The number of nitrogens with zero attached hydrogens (tertiary/aromatic N) is 1. The Morgan fingerprint density at radius 2 is 2.18 bits per heavy atom. The topological polar surface area (TPSA) is 70.6 Å². The number of amides is 2. The molecule has 0 spiro atoms. The molecule has 17 heavy (non-hydrogen) atoms. The Morgan fingerprint density at radius 1 is 1.47 bits per heavy atom. The minimum Gasteiger partial charge on any atom is -0.350 e. The molecule has 0 aromatic heterocycles. The molecule has 2 aliphatic rings. The van der Waals surface area contributed by atoms with E-state index in [4.69, 9.17) is 0 Å². The van der Waals surface area contributed by atoms with Gasteiger partial charge in [-0.2, -0.15) is 5.10 Å². The molecule has 1 aliphatic carbocycles. The van der Waals surface area contributed by atoms with Crippen molar-refractivity contribution in [1.29, 1.82) is 0 Å². The van der Waals surface area contributed by atoms with Crippen molar-refractivity contribution in [3.8, 4) is 0 Å². The van der Waals surface area contributed by atoms with Gasteiger partial charge >= 0.3 is 0 Å². The average Bonchev–Trinajstić information content (AvgIpc) is 3.08. The van der Waals surface area contributed by atoms with Gasteiger partial charge in [0.2, 0.25) is 5.91 Å². The van der Waals surface area contributed by atoms with E-state index in [2.05, 4.69) is 29.7 Å². The number of hydrogen-bond acceptors (Lipinski definition) is 3. The maximum absolute atomic E-state index is 11.8. The number of rotatable bonds is 4. The number of hydrogen-bond donors (Lipinski definition) is 2. The summed E-state index contributed by atoms with van der Waals surface area (Å²) in [5.41, 5.74) is 3.07. The molecule has 1 aliphatic heterocycles. The van der Waals surface area contributed by atoms with Crippen molar-refractivity contribution in [2.24, 2.45) is 16.4 Å². The van der Waals surface area contributed by atoms with Crippen LogP contribution in [0.5, 0.6) is 0 Å². The van der Waals surface area contributed by atoms with Crippen molar-refractivity contribution < 1.29 is 9.59 Å². The zero-order chi connectivity index (χ0) is 12.5. The second-order valence-corrected chi connectivity index (χ2v) is 5.29. The van der Waals surface area contributed by atoms with Crippen LogP contribution in [0, 0.1) is 11.3 Å². The van der Waals surface area contributed by atoms with Crippen molar-refractivity contribution in [1.82, 2.24) is 10.7 Å². The molecule has 0 radical (unpaired) electrons. The Kier molecular flexibility index (Phi) is 3.17. The van der Waals surface area contributed by atoms with Gasteiger partial charge in [0.05, 0.1) is 0 Å². The second-order valence-electron chi connectivity index (χ2n) is 5.29. The molecule has 0 bridgehead atoms. The summed E-state index contributed by atoms with van der Waals surface area (Å²) in [6.45, 7) is 5.10. The molecule has 1 heterocycles. The van der Waals surface area contributed by atoms with Crippen molar-refractivity contribution >= 4 is 17.5 Å². The number of nitrogens with one attached hydrogen (secondary N) is 2. The van der Waals surface area contributed by atoms with Gasteiger partial charge in [-0.25, -0.2) is 5.43 Å². The monoisotopic (exact) mass is 237 g/mol. The van der Waals surface area contributed by atoms with Gasteiger partial charge in [-0.05, 0) is 24.2 Å². The normalized spacial score (nSPS) is 21.8. The molecule has 0 unspecified atom stereocenters. The average molecular weight is 237 g/mol. The molecular formula is C12H19N3O2. The van der Waals surface area contributed by atoms with E-state index in [1.807, 2.05) is 0 Å². The largest absolute Gasteiger partial charge is 0.350 e. The first-order chi connectivity index (χ1) is 8.03. The molecule has 2 N–H and O–H groups in total. The van der Waals surface area contributed by atoms with Crippen molar-refractivity contribution in [2.75, 3.05) is 6.54 Å². The molecule has 0 aromatic carbocycles. The van der Waals surface area contributed by atoms with Crippen LogP contribution in [0.2, 0.25) is 0 Å². The van der Waals surface area contributed by atoms with Crippen LogP contribution in [-0.4, -0.2) is 24.1 Å². The van der Waals surface area contributed by atoms with Crippen LogP contribution in [0.4, 0.5) is 0 Å². The van der Waals surface area contributed by atoms with Crippen LogP contribution in [0.3, 0.4) is 0 Å². The predicted octanol–water partition coefficient (Wildman–Crippen LogP) is 0.805. The van der Waals surface area contributed by atoms with Gasteiger partial charge in [-0.15, -0.1) is 0 Å². The Hall–Kier alpha value is -1.39. The van der Waals surface area contributed by atoms with E-state index >= 15 is 0 Å². The van der Waals surface area contributed by atoms with E-state index in [1.54, 1.807) is 0 Å². The van der Waals surface area contributed by atoms with E-state index in [-0.39, 0.29) is 11.8 Å². The molecule has 0 atom stereocenters. The summed E-state index contributed by atoms with van der Waals surface area (Å²) in [5, 5.41) is 6.71. The Labute approximate surface area is 101 Å². The Balaban J connectivity index is 1.84. The summed E-state index contributed by atoms with van der Waals surface area (Å²) < 4.78 is 0. The fraction of sp³-hybridized carbons (Fsp3) is 0.750. The highest BCUT2D eigenvalue weighted by Crippen LogP contribution is 2.51. The third-order valence-corrected chi connectivity index (χ3v) is 3.88. The minimum absolute atomic E-state index is 0.123. The first kappa shape index (κ1) is 12.1. The van der Waals surface area contributed by atoms with Crippen LogP contribution in [-0.2, 0) is 9.59 Å². The van der Waals surface area contributed by atoms with Crippen molar-refractivity contribution in [3.05, 3.63) is 0 Å². The van der Waals surface area contributed by atoms with E-state index in [9.17, 15) is 9.59 Å². The van der Waals surface area contributed by atoms with Gasteiger partial charge in [0.1, 0.15) is 5.71 Å². The van der Waals surface area contributed by atoms with Gasteiger partial charge in [0.25, 0.3) is 5.91 Å². The zero-order valence-corrected chi connectivity index (χ0v) is 10.4. The quantitative estimate of drug-likeness (QED) is 0.759. The van der Waals surface area contributed by atoms with Crippen molar-refractivity contribution in [3.63, 3.8) is 0 Å². The number of carbonyl (C=O) groups excluding carboxylic acids is 2. The highest BCUT2D eigenvalue weighted by atomic mass is 16.2. The maximum Gasteiger partial charge on any atom is 0.267 e. The van der Waals surface area contributed by atoms with Gasteiger partial charge in [-0.1, -0.05) is 13.8 Å². The third kappa shape index (κ3) is 2.65. The smallest absolute Gasteiger partial charge is 0.267 e. The Bertz CT molecular complexity index is 370. The Morgan fingerprint density at radius 3 is 2.65 bits per heavy atom. The fourth-order valence-electron chi connectivity index (χ4n) is 2.12. The summed E-state index contributed by atoms with van der Waals surface area (Å²) in [6.07, 6.45) is 3.16. The lowest BCUT2D eigenvalue weighted by molar-refractivity contribution is -0.121. The van der Waals surface area contributed by atoms with Gasteiger partial charge in [0.15, 0.2) is 0 Å². The summed E-state index contributed by atoms with van der Waals surface area (Å²) in [6, 6.07) is 0. The summed E-state index contributed by atoms with van der Waals surface area (Å²) >= 11 is 0. The zero-order valence-electron chi connectivity index (χ0n) is 10.4. The van der Waals surface area contributed by atoms with Gasteiger partial charge < -0.3 is 5.32 Å². The van der Waals surface area contributed by atoms with Crippen LogP contribution in [0.15, 0.2) is 5.10 Å². The third-order valence-electron chi connectivity index (χ3n) is 3.88. The highest BCUT2D eigenvalue weighted by molar-refractivity contribution is 6.39. The molecule has 1 fully saturated rings. The summed E-state index contributed by atoms with van der Waals surface area (Å²) in [4.78, 5) is 22.7. The van der Waals surface area contributed by atoms with Crippen LogP contribution in [0.1, 0.15) is 39.5 Å². The number of hydrazone groups is 1. The molecule has 94 valence electrons. The van der Waals surface area contributed by atoms with Crippen LogP contribution >= 0.6 is 0 Å². The van der Waals surface area contributed by atoms with Crippen LogP contribution < -0.4 is 10.7 Å². The molecule has 2 amide bonds. The molecule has 1 saturated carbocycles. The second kappa shape index (κ2) is 4.47. The first-order valence-corrected chi connectivity index (χ1v) is 6.17. The van der Waals surface area contributed by atoms with Gasteiger partial charge in [-0.3, -0.25) is 9.59 Å². The SMILES string of the molecule is CC(C)C1(CNC(=O)C2=NNC(=O)CC2)CC1. The van der Waals surface area contributed by atoms with E-state index < -0.39 is 0 Å². The maximum atomic E-state index is 11.8. The fourth-order valence-corrected chi connectivity index (χ4v) is 2.12. The molecule has 0 aromatic rings. The van der Waals surface area contributed by atoms with Gasteiger partial charge in [0, 0.05) is 19.4 Å². The molecule has 5 heteroatoms. The molecular weight excluding hydrogens is 218 g/mol. The lowest BCUT2D eigenvalue weighted by atomic mass is 9.92. The first-order valence-electron chi connectivity index (χ1n) is 6.17. The minimum atomic E-state index is -0.142. The molecule has 5 nitrogen and oxygen atoms in total. The number of carbonyl (C=O) groups is 2. The lowest BCUT2D eigenvalue weighted by Crippen LogP contribution is -2.40. The van der Waals surface area contributed by atoms with E-state index in [0.29, 0.717) is 29.9 Å². The molecule has 0 saturated heterocycles. The predicted molar refractivity (Wildman–Crippen MR) is 64.3 cm³/mol. The lowest BCUT2D eigenvalue weighted by Gasteiger charge is -2.20. The van der Waals surface area contributed by atoms with Crippen LogP contribution in [0.25, 0.3) is 0 Å². The highest BCUT2D eigenvalue weighted by Gasteiger charge is 2.45. The van der Waals surface area contributed by atoms with E-state index in [1.165, 1.54) is 12.8 Å².